The topological polar surface area (TPSA) is 61.4 Å². The molecular weight excluding hydrogens is 446 g/mol. The molecule has 0 bridgehead atoms. The minimum Gasteiger partial charge on any atom is -0.378 e. The summed E-state index contributed by atoms with van der Waals surface area (Å²) in [6.07, 6.45) is 13.4. The van der Waals surface area contributed by atoms with Gasteiger partial charge in [-0.25, -0.2) is 0 Å². The number of anilines is 1. The molecule has 36 heavy (non-hydrogen) atoms. The number of unbranched alkanes of at least 4 members (excludes halogenated alkanes) is 9. The second kappa shape index (κ2) is 17.6. The van der Waals surface area contributed by atoms with Crippen LogP contribution in [0.25, 0.3) is 0 Å². The fraction of sp³-hybridized carbons (Fsp3) is 0.548. The Morgan fingerprint density at radius 3 is 1.92 bits per heavy atom. The Bertz CT molecular complexity index is 865. The highest BCUT2D eigenvalue weighted by atomic mass is 16.2. The molecule has 1 atom stereocenters. The Balaban J connectivity index is 1.77. The molecule has 2 amide bonds. The molecule has 1 unspecified atom stereocenters. The van der Waals surface area contributed by atoms with E-state index in [9.17, 15) is 9.59 Å². The third kappa shape index (κ3) is 12.2. The van der Waals surface area contributed by atoms with E-state index in [1.807, 2.05) is 73.6 Å². The fourth-order valence-corrected chi connectivity index (χ4v) is 4.35. The highest BCUT2D eigenvalue weighted by molar-refractivity contribution is 5.88. The van der Waals surface area contributed by atoms with Gasteiger partial charge < -0.3 is 15.5 Å². The van der Waals surface area contributed by atoms with Gasteiger partial charge >= 0.3 is 0 Å². The van der Waals surface area contributed by atoms with Crippen molar-refractivity contribution < 1.29 is 9.59 Å². The number of amides is 2. The van der Waals surface area contributed by atoms with Crippen molar-refractivity contribution in [2.75, 3.05) is 25.5 Å². The monoisotopic (exact) mass is 493 g/mol. The van der Waals surface area contributed by atoms with Crippen molar-refractivity contribution in [3.8, 4) is 0 Å². The molecule has 0 aliphatic carbocycles. The standard InChI is InChI=1S/C31H47N3O2/c1-4-5-6-7-8-9-10-11-12-16-23-32-31(36)29(24-26-17-14-13-15-18-26)33-30(35)25-27-19-21-28(22-20-27)34(2)3/h13-15,17-22,29H,4-12,16,23-25H2,1-3H3,(H,32,36)(H,33,35). The zero-order chi connectivity index (χ0) is 26.0. The number of benzene rings is 2. The maximum atomic E-state index is 13.0. The quantitative estimate of drug-likeness (QED) is 0.248. The summed E-state index contributed by atoms with van der Waals surface area (Å²) in [4.78, 5) is 27.8. The Hall–Kier alpha value is -2.82. The summed E-state index contributed by atoms with van der Waals surface area (Å²) < 4.78 is 0. The lowest BCUT2D eigenvalue weighted by Gasteiger charge is -2.19. The van der Waals surface area contributed by atoms with E-state index in [2.05, 4.69) is 17.6 Å². The molecule has 198 valence electrons. The largest absolute Gasteiger partial charge is 0.378 e. The summed E-state index contributed by atoms with van der Waals surface area (Å²) in [5, 5.41) is 6.04. The molecule has 0 spiro atoms. The molecule has 0 aliphatic heterocycles. The molecule has 0 aromatic heterocycles. The SMILES string of the molecule is CCCCCCCCCCCCNC(=O)C(Cc1ccccc1)NC(=O)Cc1ccc(N(C)C)cc1. The van der Waals surface area contributed by atoms with Crippen LogP contribution in [0.1, 0.15) is 82.3 Å². The first-order chi connectivity index (χ1) is 17.5. The Labute approximate surface area is 219 Å². The maximum Gasteiger partial charge on any atom is 0.242 e. The molecular formula is C31H47N3O2. The minimum absolute atomic E-state index is 0.105. The first-order valence-corrected chi connectivity index (χ1v) is 13.9. The second-order valence-electron chi connectivity index (χ2n) is 10.0. The van der Waals surface area contributed by atoms with Gasteiger partial charge in [0.25, 0.3) is 0 Å². The molecule has 2 N–H and O–H groups in total. The van der Waals surface area contributed by atoms with E-state index in [1.165, 1.54) is 51.4 Å². The van der Waals surface area contributed by atoms with Gasteiger partial charge in [-0.05, 0) is 29.7 Å². The molecule has 5 heteroatoms. The van der Waals surface area contributed by atoms with Crippen molar-refractivity contribution >= 4 is 17.5 Å². The molecule has 0 fully saturated rings. The van der Waals surface area contributed by atoms with Crippen molar-refractivity contribution in [3.05, 3.63) is 65.7 Å². The van der Waals surface area contributed by atoms with Crippen molar-refractivity contribution in [2.45, 2.75) is 90.0 Å². The number of rotatable bonds is 18. The van der Waals surface area contributed by atoms with Crippen molar-refractivity contribution in [1.82, 2.24) is 10.6 Å². The van der Waals surface area contributed by atoms with E-state index in [0.29, 0.717) is 13.0 Å². The van der Waals surface area contributed by atoms with Crippen LogP contribution in [0.5, 0.6) is 0 Å². The van der Waals surface area contributed by atoms with Gasteiger partial charge in [0.05, 0.1) is 6.42 Å². The zero-order valence-corrected chi connectivity index (χ0v) is 22.7. The average molecular weight is 494 g/mol. The number of nitrogens with one attached hydrogen (secondary N) is 2. The molecule has 0 radical (unpaired) electrons. The highest BCUT2D eigenvalue weighted by Gasteiger charge is 2.21. The molecule has 2 aromatic rings. The van der Waals surface area contributed by atoms with Gasteiger partial charge in [-0.3, -0.25) is 9.59 Å². The van der Waals surface area contributed by atoms with Crippen molar-refractivity contribution in [3.63, 3.8) is 0 Å². The minimum atomic E-state index is -0.580. The number of nitrogens with zero attached hydrogens (tertiary/aromatic N) is 1. The van der Waals surface area contributed by atoms with Gasteiger partial charge in [-0.15, -0.1) is 0 Å². The third-order valence-electron chi connectivity index (χ3n) is 6.58. The first-order valence-electron chi connectivity index (χ1n) is 13.9. The van der Waals surface area contributed by atoms with Crippen molar-refractivity contribution in [1.29, 1.82) is 0 Å². The number of carbonyl (C=O) groups excluding carboxylic acids is 2. The van der Waals surface area contributed by atoms with Crippen LogP contribution in [0.15, 0.2) is 54.6 Å². The van der Waals surface area contributed by atoms with Gasteiger partial charge in [-0.1, -0.05) is 107 Å². The summed E-state index contributed by atoms with van der Waals surface area (Å²) in [5.74, 6) is -0.242. The molecule has 2 aromatic carbocycles. The molecule has 0 saturated carbocycles. The van der Waals surface area contributed by atoms with Crippen LogP contribution < -0.4 is 15.5 Å². The Morgan fingerprint density at radius 2 is 1.33 bits per heavy atom. The lowest BCUT2D eigenvalue weighted by molar-refractivity contribution is -0.128. The van der Waals surface area contributed by atoms with E-state index in [1.54, 1.807) is 0 Å². The molecule has 2 rings (SSSR count). The van der Waals surface area contributed by atoms with Crippen molar-refractivity contribution in [2.24, 2.45) is 0 Å². The van der Waals surface area contributed by atoms with Crippen LogP contribution >= 0.6 is 0 Å². The summed E-state index contributed by atoms with van der Waals surface area (Å²) in [7, 11) is 3.98. The van der Waals surface area contributed by atoms with E-state index in [0.717, 1.165) is 29.7 Å². The van der Waals surface area contributed by atoms with Gasteiger partial charge in [0.1, 0.15) is 6.04 Å². The lowest BCUT2D eigenvalue weighted by Crippen LogP contribution is -2.48. The smallest absolute Gasteiger partial charge is 0.242 e. The highest BCUT2D eigenvalue weighted by Crippen LogP contribution is 2.13. The lowest BCUT2D eigenvalue weighted by atomic mass is 10.0. The summed E-state index contributed by atoms with van der Waals surface area (Å²) >= 11 is 0. The third-order valence-corrected chi connectivity index (χ3v) is 6.58. The van der Waals surface area contributed by atoms with Crippen LogP contribution in [0.2, 0.25) is 0 Å². The Morgan fingerprint density at radius 1 is 0.750 bits per heavy atom. The number of hydrogen-bond donors (Lipinski definition) is 2. The van der Waals surface area contributed by atoms with Crippen LogP contribution in [0.4, 0.5) is 5.69 Å². The van der Waals surface area contributed by atoms with Gasteiger partial charge in [0.2, 0.25) is 11.8 Å². The summed E-state index contributed by atoms with van der Waals surface area (Å²) in [5.41, 5.74) is 3.06. The Kier molecular flexibility index (Phi) is 14.4. The molecule has 0 aliphatic rings. The second-order valence-corrected chi connectivity index (χ2v) is 10.0. The van der Waals surface area contributed by atoms with Gasteiger partial charge in [0.15, 0.2) is 0 Å². The first kappa shape index (κ1) is 29.4. The fourth-order valence-electron chi connectivity index (χ4n) is 4.35. The van der Waals surface area contributed by atoms with E-state index >= 15 is 0 Å². The molecule has 0 heterocycles. The molecule has 5 nitrogen and oxygen atoms in total. The normalized spacial score (nSPS) is 11.6. The van der Waals surface area contributed by atoms with Crippen LogP contribution in [0.3, 0.4) is 0 Å². The number of carbonyl (C=O) groups is 2. The predicted octanol–water partition coefficient (Wildman–Crippen LogP) is 6.06. The summed E-state index contributed by atoms with van der Waals surface area (Å²) in [6, 6.07) is 17.2. The van der Waals surface area contributed by atoms with Gasteiger partial charge in [0, 0.05) is 32.7 Å². The van der Waals surface area contributed by atoms with E-state index < -0.39 is 6.04 Å². The van der Waals surface area contributed by atoms with E-state index in [4.69, 9.17) is 0 Å². The van der Waals surface area contributed by atoms with Gasteiger partial charge in [-0.2, -0.15) is 0 Å². The molecule has 0 saturated heterocycles. The van der Waals surface area contributed by atoms with Crippen LogP contribution in [0, 0.1) is 0 Å². The van der Waals surface area contributed by atoms with Crippen LogP contribution in [-0.4, -0.2) is 38.5 Å². The average Bonchev–Trinajstić information content (AvgIpc) is 2.87. The maximum absolute atomic E-state index is 13.0. The summed E-state index contributed by atoms with van der Waals surface area (Å²) in [6.45, 7) is 2.91. The number of hydrogen-bond acceptors (Lipinski definition) is 3. The van der Waals surface area contributed by atoms with Crippen LogP contribution in [-0.2, 0) is 22.4 Å². The van der Waals surface area contributed by atoms with E-state index in [-0.39, 0.29) is 18.2 Å². The zero-order valence-electron chi connectivity index (χ0n) is 22.7. The predicted molar refractivity (Wildman–Crippen MR) is 151 cm³/mol.